The van der Waals surface area contributed by atoms with Gasteiger partial charge in [-0.25, -0.2) is 0 Å². The number of hydrogen-bond donors (Lipinski definition) is 2. The number of rotatable bonds is 0. The maximum absolute atomic E-state index is 10.9. The minimum Gasteiger partial charge on any atom is -0.354 e. The van der Waals surface area contributed by atoms with E-state index in [2.05, 4.69) is 12.2 Å². The van der Waals surface area contributed by atoms with Crippen LogP contribution >= 0.6 is 0 Å². The van der Waals surface area contributed by atoms with E-state index in [9.17, 15) is 4.79 Å². The maximum atomic E-state index is 10.9. The Bertz CT molecular complexity index is 136. The molecule has 0 unspecified atom stereocenters. The molecular formula is C7H14N2O. The minimum atomic E-state index is -0.273. The largest absolute Gasteiger partial charge is 0.354 e. The second-order valence-corrected chi connectivity index (χ2v) is 3.03. The number of nitrogens with two attached hydrogens (primary N) is 1. The van der Waals surface area contributed by atoms with E-state index in [1.807, 2.05) is 0 Å². The predicted molar refractivity (Wildman–Crippen MR) is 39.4 cm³/mol. The molecular weight excluding hydrogens is 128 g/mol. The fourth-order valence-corrected chi connectivity index (χ4v) is 1.10. The Morgan fingerprint density at radius 2 is 2.30 bits per heavy atom. The van der Waals surface area contributed by atoms with Crippen molar-refractivity contribution in [3.05, 3.63) is 0 Å². The number of carbonyl (C=O) groups is 1. The van der Waals surface area contributed by atoms with Crippen molar-refractivity contribution in [1.82, 2.24) is 5.32 Å². The first kappa shape index (κ1) is 7.54. The van der Waals surface area contributed by atoms with Crippen LogP contribution in [0.2, 0.25) is 0 Å². The molecule has 2 atom stereocenters. The Hall–Kier alpha value is -0.570. The molecule has 0 spiro atoms. The first-order valence-electron chi connectivity index (χ1n) is 3.73. The average molecular weight is 142 g/mol. The molecule has 0 aromatic heterocycles. The molecule has 0 aromatic rings. The Labute approximate surface area is 61.0 Å². The van der Waals surface area contributed by atoms with E-state index in [1.165, 1.54) is 0 Å². The van der Waals surface area contributed by atoms with Crippen LogP contribution < -0.4 is 11.1 Å². The smallest absolute Gasteiger partial charge is 0.236 e. The van der Waals surface area contributed by atoms with E-state index < -0.39 is 0 Å². The highest BCUT2D eigenvalue weighted by atomic mass is 16.2. The van der Waals surface area contributed by atoms with Crippen molar-refractivity contribution in [2.24, 2.45) is 11.7 Å². The average Bonchev–Trinajstić information content (AvgIpc) is 2.04. The standard InChI is InChI=1S/C7H14N2O/c1-5-2-3-6(8)7(10)9-4-5/h5-6H,2-4,8H2,1H3,(H,9,10)/t5-,6+/m1/s1. The van der Waals surface area contributed by atoms with Gasteiger partial charge in [-0.3, -0.25) is 4.79 Å². The van der Waals surface area contributed by atoms with Crippen LogP contribution in [0.1, 0.15) is 19.8 Å². The van der Waals surface area contributed by atoms with E-state index in [0.29, 0.717) is 5.92 Å². The van der Waals surface area contributed by atoms with Crippen LogP contribution in [0.4, 0.5) is 0 Å². The molecule has 0 aliphatic carbocycles. The molecule has 1 amide bonds. The first-order chi connectivity index (χ1) is 4.70. The Morgan fingerprint density at radius 3 is 3.00 bits per heavy atom. The van der Waals surface area contributed by atoms with Gasteiger partial charge in [0.2, 0.25) is 5.91 Å². The third kappa shape index (κ3) is 1.70. The van der Waals surface area contributed by atoms with Crippen molar-refractivity contribution in [2.45, 2.75) is 25.8 Å². The molecule has 3 heteroatoms. The molecule has 0 radical (unpaired) electrons. The fourth-order valence-electron chi connectivity index (χ4n) is 1.10. The highest BCUT2D eigenvalue weighted by Crippen LogP contribution is 2.09. The van der Waals surface area contributed by atoms with Gasteiger partial charge >= 0.3 is 0 Å². The molecule has 1 heterocycles. The van der Waals surface area contributed by atoms with Gasteiger partial charge in [-0.1, -0.05) is 6.92 Å². The summed E-state index contributed by atoms with van der Waals surface area (Å²) in [4.78, 5) is 10.9. The van der Waals surface area contributed by atoms with Crippen molar-refractivity contribution >= 4 is 5.91 Å². The molecule has 1 fully saturated rings. The lowest BCUT2D eigenvalue weighted by Crippen LogP contribution is -2.38. The zero-order valence-electron chi connectivity index (χ0n) is 6.26. The molecule has 3 nitrogen and oxygen atoms in total. The molecule has 58 valence electrons. The summed E-state index contributed by atoms with van der Waals surface area (Å²) in [5.74, 6) is 0.585. The predicted octanol–water partition coefficient (Wildman–Crippen LogP) is -0.140. The monoisotopic (exact) mass is 142 g/mol. The van der Waals surface area contributed by atoms with E-state index in [4.69, 9.17) is 5.73 Å². The first-order valence-corrected chi connectivity index (χ1v) is 3.73. The van der Waals surface area contributed by atoms with Crippen molar-refractivity contribution in [3.63, 3.8) is 0 Å². The van der Waals surface area contributed by atoms with E-state index in [0.717, 1.165) is 19.4 Å². The van der Waals surface area contributed by atoms with Gasteiger partial charge in [0.05, 0.1) is 6.04 Å². The molecule has 10 heavy (non-hydrogen) atoms. The Balaban J connectivity index is 2.46. The second-order valence-electron chi connectivity index (χ2n) is 3.03. The van der Waals surface area contributed by atoms with Crippen LogP contribution in [0.15, 0.2) is 0 Å². The Morgan fingerprint density at radius 1 is 1.60 bits per heavy atom. The van der Waals surface area contributed by atoms with Gasteiger partial charge < -0.3 is 11.1 Å². The number of carbonyl (C=O) groups excluding carboxylic acids is 1. The number of amides is 1. The van der Waals surface area contributed by atoms with E-state index >= 15 is 0 Å². The van der Waals surface area contributed by atoms with E-state index in [-0.39, 0.29) is 11.9 Å². The summed E-state index contributed by atoms with van der Waals surface area (Å²) in [6, 6.07) is -0.273. The van der Waals surface area contributed by atoms with E-state index in [1.54, 1.807) is 0 Å². The van der Waals surface area contributed by atoms with Gasteiger partial charge in [-0.05, 0) is 18.8 Å². The van der Waals surface area contributed by atoms with Crippen molar-refractivity contribution in [1.29, 1.82) is 0 Å². The highest BCUT2D eigenvalue weighted by Gasteiger charge is 2.18. The van der Waals surface area contributed by atoms with Gasteiger partial charge in [0.25, 0.3) is 0 Å². The number of hydrogen-bond acceptors (Lipinski definition) is 2. The second kappa shape index (κ2) is 3.01. The Kier molecular flexibility index (Phi) is 2.27. The van der Waals surface area contributed by atoms with Crippen LogP contribution in [0.5, 0.6) is 0 Å². The maximum Gasteiger partial charge on any atom is 0.236 e. The van der Waals surface area contributed by atoms with Gasteiger partial charge in [-0.15, -0.1) is 0 Å². The molecule has 1 aliphatic heterocycles. The quantitative estimate of drug-likeness (QED) is 0.494. The van der Waals surface area contributed by atoms with Crippen molar-refractivity contribution in [3.8, 4) is 0 Å². The molecule has 1 rings (SSSR count). The number of nitrogens with one attached hydrogen (secondary N) is 1. The summed E-state index contributed by atoms with van der Waals surface area (Å²) >= 11 is 0. The van der Waals surface area contributed by atoms with Crippen LogP contribution in [-0.4, -0.2) is 18.5 Å². The van der Waals surface area contributed by atoms with Gasteiger partial charge in [0.15, 0.2) is 0 Å². The minimum absolute atomic E-state index is 0.00403. The molecule has 1 aliphatic rings. The van der Waals surface area contributed by atoms with Gasteiger partial charge in [0, 0.05) is 6.54 Å². The lowest BCUT2D eigenvalue weighted by atomic mass is 10.0. The van der Waals surface area contributed by atoms with Crippen LogP contribution in [0, 0.1) is 5.92 Å². The molecule has 1 saturated heterocycles. The van der Waals surface area contributed by atoms with Crippen molar-refractivity contribution < 1.29 is 4.79 Å². The summed E-state index contributed by atoms with van der Waals surface area (Å²) in [7, 11) is 0. The zero-order valence-corrected chi connectivity index (χ0v) is 6.26. The SMILES string of the molecule is C[C@@H]1CC[C@H](N)C(=O)NC1. The molecule has 3 N–H and O–H groups in total. The highest BCUT2D eigenvalue weighted by molar-refractivity contribution is 5.81. The lowest BCUT2D eigenvalue weighted by molar-refractivity contribution is -0.122. The summed E-state index contributed by atoms with van der Waals surface area (Å²) in [6.07, 6.45) is 1.88. The molecule has 0 bridgehead atoms. The zero-order chi connectivity index (χ0) is 7.56. The third-order valence-corrected chi connectivity index (χ3v) is 1.93. The summed E-state index contributed by atoms with van der Waals surface area (Å²) in [6.45, 7) is 2.91. The van der Waals surface area contributed by atoms with Crippen LogP contribution in [0.3, 0.4) is 0 Å². The lowest BCUT2D eigenvalue weighted by Gasteiger charge is -2.04. The molecule has 0 saturated carbocycles. The summed E-state index contributed by atoms with van der Waals surface area (Å²) in [5, 5.41) is 2.78. The topological polar surface area (TPSA) is 55.1 Å². The summed E-state index contributed by atoms with van der Waals surface area (Å²) < 4.78 is 0. The normalized spacial score (nSPS) is 34.8. The van der Waals surface area contributed by atoms with Crippen LogP contribution in [-0.2, 0) is 4.79 Å². The van der Waals surface area contributed by atoms with Crippen LogP contribution in [0.25, 0.3) is 0 Å². The van der Waals surface area contributed by atoms with Gasteiger partial charge in [0.1, 0.15) is 0 Å². The fraction of sp³-hybridized carbons (Fsp3) is 0.857. The van der Waals surface area contributed by atoms with Crippen molar-refractivity contribution in [2.75, 3.05) is 6.54 Å². The van der Waals surface area contributed by atoms with Gasteiger partial charge in [-0.2, -0.15) is 0 Å². The molecule has 0 aromatic carbocycles. The third-order valence-electron chi connectivity index (χ3n) is 1.93. The summed E-state index contributed by atoms with van der Waals surface area (Å²) in [5.41, 5.74) is 5.53.